The topological polar surface area (TPSA) is 31.8 Å². The van der Waals surface area contributed by atoms with Crippen molar-refractivity contribution in [2.24, 2.45) is 0 Å². The molecule has 0 atom stereocenters. The van der Waals surface area contributed by atoms with E-state index in [1.165, 1.54) is 48.6 Å². The van der Waals surface area contributed by atoms with Gasteiger partial charge in [0.15, 0.2) is 0 Å². The number of anilines is 7. The average Bonchev–Trinajstić information content (AvgIpc) is 1.58. The molecule has 0 N–H and O–H groups in total. The van der Waals surface area contributed by atoms with E-state index in [1.54, 1.807) is 0 Å². The Bertz CT molecular complexity index is 4740. The van der Waals surface area contributed by atoms with Gasteiger partial charge in [0, 0.05) is 78.2 Å². The zero-order valence-corrected chi connectivity index (χ0v) is 55.3. The predicted octanol–water partition coefficient (Wildman–Crippen LogP) is 18.8. The third-order valence-corrected chi connectivity index (χ3v) is 22.7. The van der Waals surface area contributed by atoms with Gasteiger partial charge in [0.25, 0.3) is 0 Å². The smallest absolute Gasteiger partial charge is 0.135 e. The minimum atomic E-state index is -3.06. The van der Waals surface area contributed by atoms with Crippen LogP contribution in [0.3, 0.4) is 0 Å². The predicted molar refractivity (Wildman–Crippen MR) is 367 cm³/mol. The van der Waals surface area contributed by atoms with E-state index in [0.717, 1.165) is 67.5 Å². The van der Waals surface area contributed by atoms with Crippen LogP contribution in [-0.4, -0.2) is 13.1 Å². The van der Waals surface area contributed by atoms with Crippen LogP contribution in [0.2, 0.25) is 0 Å². The molecule has 1 aromatic heterocycles. The van der Waals surface area contributed by atoms with Crippen molar-refractivity contribution in [2.45, 2.75) is 99.3 Å². The maximum atomic E-state index is 9.37. The Labute approximate surface area is 543 Å². The SMILES string of the molecule is [2H]c1c([2H])c([2H])c(-c2cccc(-c3cc(C(C)(C)C)cc(C(C)(C)C)c3)c2N2[CH-]N(c3[c-]c(Oc4[c-]c5c(cc4)[Si]4(c6cc(C)ccc6-c6ccc(C)cc64)c4ccccc4N5c4cc(C)c(-c5ccc(C(C)(C)C)cc5)cn4)ccc3)c3ccccc32)c([2H])c1[2H].[Pt]. The second-order valence-electron chi connectivity index (χ2n) is 26.8. The van der Waals surface area contributed by atoms with Gasteiger partial charge in [-0.25, -0.2) is 4.98 Å². The van der Waals surface area contributed by atoms with E-state index in [-0.39, 0.29) is 55.0 Å². The summed E-state index contributed by atoms with van der Waals surface area (Å²) >= 11 is 0. The summed E-state index contributed by atoms with van der Waals surface area (Å²) in [6.07, 6.45) is 2.02. The molecule has 0 radical (unpaired) electrons. The Balaban J connectivity index is 0.00000787. The molecule has 0 amide bonds. The summed E-state index contributed by atoms with van der Waals surface area (Å²) in [6, 6.07) is 70.8. The molecule has 0 bridgehead atoms. The first-order chi connectivity index (χ1) is 43.8. The Morgan fingerprint density at radius 3 is 1.67 bits per heavy atom. The largest absolute Gasteiger partial charge is 0.509 e. The van der Waals surface area contributed by atoms with Crippen molar-refractivity contribution in [3.05, 3.63) is 271 Å². The molecule has 14 rings (SSSR count). The molecule has 0 fully saturated rings. The number of pyridine rings is 1. The van der Waals surface area contributed by atoms with Crippen molar-refractivity contribution in [1.29, 1.82) is 0 Å². The van der Waals surface area contributed by atoms with Crippen LogP contribution in [0.25, 0.3) is 44.5 Å². The standard InChI is InChI=1S/C81H73N4OSi.Pt/c1-52-32-39-66-67-40-33-53(2)43-76(67)87(75(66)42-52)73-31-19-18-30-71(73)85(77-44-54(3)68(50-82-77)56-34-36-58(37-35-56)79(4,5)6)72-49-63(38-41-74(72)87)86-62-25-20-24-61(48-62)83-51-84(70-29-17-16-28-69(70)83)78-64(55-22-14-13-15-23-55)26-21-27-65(78)57-45-59(80(7,8)9)47-60(46-57)81(10,11)12;/h13-47,50-51H,1-12H3;/q-3;/i13D,14D,15D,22D,23D;. The number of ether oxygens (including phenoxy) is 1. The molecule has 1 spiro atoms. The Kier molecular flexibility index (Phi) is 13.1. The maximum Gasteiger partial charge on any atom is 0.135 e. The molecule has 7 heteroatoms. The number of aryl methyl sites for hydroxylation is 3. The molecule has 4 heterocycles. The molecule has 0 saturated heterocycles. The van der Waals surface area contributed by atoms with E-state index in [1.807, 2.05) is 55.3 Å². The normalized spacial score (nSPS) is 14.6. The molecule has 88 heavy (non-hydrogen) atoms. The van der Waals surface area contributed by atoms with E-state index >= 15 is 0 Å². The molecular weight excluding hydrogens is 1270 g/mol. The summed E-state index contributed by atoms with van der Waals surface area (Å²) in [7, 11) is -3.06. The van der Waals surface area contributed by atoms with Gasteiger partial charge in [0.05, 0.1) is 6.85 Å². The second-order valence-corrected chi connectivity index (χ2v) is 30.5. The number of hydrogen-bond donors (Lipinski definition) is 0. The van der Waals surface area contributed by atoms with Crippen LogP contribution < -0.4 is 40.2 Å². The van der Waals surface area contributed by atoms with Crippen molar-refractivity contribution >= 4 is 68.8 Å². The average molecular weight is 1350 g/mol. The first-order valence-electron chi connectivity index (χ1n) is 32.7. The van der Waals surface area contributed by atoms with Crippen LogP contribution in [0.5, 0.6) is 11.5 Å². The Morgan fingerprint density at radius 1 is 0.466 bits per heavy atom. The minimum Gasteiger partial charge on any atom is -0.509 e. The van der Waals surface area contributed by atoms with Gasteiger partial charge in [-0.1, -0.05) is 237 Å². The number of benzene rings is 10. The molecule has 0 unspecified atom stereocenters. The van der Waals surface area contributed by atoms with Crippen LogP contribution in [0.1, 0.15) is 103 Å². The summed E-state index contributed by atoms with van der Waals surface area (Å²) in [4.78, 5) is 11.8. The van der Waals surface area contributed by atoms with Gasteiger partial charge < -0.3 is 19.4 Å². The number of nitrogens with zero attached hydrogens (tertiary/aromatic N) is 4. The van der Waals surface area contributed by atoms with Crippen LogP contribution in [-0.2, 0) is 37.3 Å². The van der Waals surface area contributed by atoms with Gasteiger partial charge in [0.2, 0.25) is 0 Å². The van der Waals surface area contributed by atoms with E-state index in [4.69, 9.17) is 13.8 Å². The van der Waals surface area contributed by atoms with Crippen molar-refractivity contribution in [2.75, 3.05) is 14.7 Å². The molecule has 5 nitrogen and oxygen atoms in total. The van der Waals surface area contributed by atoms with E-state index in [2.05, 4.69) is 249 Å². The third kappa shape index (κ3) is 9.94. The van der Waals surface area contributed by atoms with Crippen LogP contribution in [0, 0.1) is 39.6 Å². The molecule has 3 aliphatic rings. The van der Waals surface area contributed by atoms with Gasteiger partial charge in [-0.2, -0.15) is 12.1 Å². The number of fused-ring (bicyclic) bond motifs is 10. The van der Waals surface area contributed by atoms with E-state index in [9.17, 15) is 2.74 Å². The molecular formula is C81H73N4OPtSi-3. The fraction of sp³-hybridized carbons (Fsp3) is 0.185. The fourth-order valence-corrected chi connectivity index (χ4v) is 18.9. The quantitative estimate of drug-likeness (QED) is 0.112. The van der Waals surface area contributed by atoms with E-state index in [0.29, 0.717) is 28.4 Å². The Morgan fingerprint density at radius 2 is 1.05 bits per heavy atom. The zero-order chi connectivity index (χ0) is 64.7. The molecule has 440 valence electrons. The number of aromatic nitrogens is 1. The van der Waals surface area contributed by atoms with Gasteiger partial charge in [-0.15, -0.1) is 47.9 Å². The van der Waals surface area contributed by atoms with Crippen LogP contribution in [0.4, 0.5) is 39.9 Å². The minimum absolute atomic E-state index is 0. The summed E-state index contributed by atoms with van der Waals surface area (Å²) in [5, 5.41) is 5.21. The molecule has 0 saturated carbocycles. The van der Waals surface area contributed by atoms with Crippen LogP contribution >= 0.6 is 0 Å². The molecule has 10 aromatic carbocycles. The van der Waals surface area contributed by atoms with Gasteiger partial charge in [-0.3, -0.25) is 0 Å². The van der Waals surface area contributed by atoms with Crippen molar-refractivity contribution in [3.8, 4) is 56.0 Å². The number of rotatable bonds is 8. The first-order valence-corrected chi connectivity index (χ1v) is 32.2. The molecule has 3 aliphatic heterocycles. The zero-order valence-electron chi connectivity index (χ0n) is 57.0. The summed E-state index contributed by atoms with van der Waals surface area (Å²) in [6.45, 7) is 28.6. The summed E-state index contributed by atoms with van der Waals surface area (Å²) in [5.74, 6) is 1.77. The third-order valence-electron chi connectivity index (χ3n) is 17.8. The van der Waals surface area contributed by atoms with Crippen LogP contribution in [0.15, 0.2) is 218 Å². The van der Waals surface area contributed by atoms with Crippen molar-refractivity contribution in [1.82, 2.24) is 4.98 Å². The van der Waals surface area contributed by atoms with Gasteiger partial charge >= 0.3 is 0 Å². The fourth-order valence-electron chi connectivity index (χ4n) is 13.2. The summed E-state index contributed by atoms with van der Waals surface area (Å²) in [5.41, 5.74) is 18.9. The molecule has 11 aromatic rings. The van der Waals surface area contributed by atoms with Crippen molar-refractivity contribution < 1.29 is 32.7 Å². The number of hydrogen-bond acceptors (Lipinski definition) is 5. The second kappa shape index (κ2) is 21.9. The van der Waals surface area contributed by atoms with Gasteiger partial charge in [-0.05, 0) is 127 Å². The van der Waals surface area contributed by atoms with Gasteiger partial charge in [0.1, 0.15) is 13.9 Å². The maximum absolute atomic E-state index is 9.37. The van der Waals surface area contributed by atoms with Crippen molar-refractivity contribution in [3.63, 3.8) is 0 Å². The van der Waals surface area contributed by atoms with E-state index < -0.39 is 26.2 Å². The summed E-state index contributed by atoms with van der Waals surface area (Å²) < 4.78 is 52.1. The monoisotopic (exact) mass is 1350 g/mol. The molecule has 0 aliphatic carbocycles. The number of para-hydroxylation sites is 4. The first kappa shape index (κ1) is 52.6. The Hall–Kier alpha value is -8.54.